The van der Waals surface area contributed by atoms with Gasteiger partial charge in [0.15, 0.2) is 5.83 Å². The fourth-order valence-corrected chi connectivity index (χ4v) is 1.32. The summed E-state index contributed by atoms with van der Waals surface area (Å²) in [7, 11) is 0. The van der Waals surface area contributed by atoms with Crippen LogP contribution in [0, 0.1) is 0 Å². The maximum absolute atomic E-state index is 12.1. The van der Waals surface area contributed by atoms with Gasteiger partial charge in [-0.15, -0.1) is 0 Å². The van der Waals surface area contributed by atoms with Crippen molar-refractivity contribution in [3.63, 3.8) is 0 Å². The van der Waals surface area contributed by atoms with Crippen LogP contribution >= 0.6 is 11.8 Å². The lowest BCUT2D eigenvalue weighted by molar-refractivity contribution is 0.373. The van der Waals surface area contributed by atoms with Gasteiger partial charge in [-0.2, -0.15) is 20.5 Å². The Balaban J connectivity index is 3.32. The molecule has 0 bridgehead atoms. The maximum Gasteiger partial charge on any atom is 0.301 e. The summed E-state index contributed by atoms with van der Waals surface area (Å²) in [6.07, 6.45) is -1.33. The van der Waals surface area contributed by atoms with Crippen LogP contribution in [0.1, 0.15) is 19.8 Å². The maximum atomic E-state index is 12.1. The summed E-state index contributed by atoms with van der Waals surface area (Å²) in [5.41, 5.74) is 0. The Labute approximate surface area is 68.9 Å². The van der Waals surface area contributed by atoms with E-state index in [-0.39, 0.29) is 6.42 Å². The Morgan fingerprint density at radius 3 is 2.27 bits per heavy atom. The second-order valence-electron chi connectivity index (χ2n) is 2.03. The monoisotopic (exact) mass is 184 g/mol. The van der Waals surface area contributed by atoms with E-state index in [2.05, 4.69) is 0 Å². The second kappa shape index (κ2) is 6.58. The minimum absolute atomic E-state index is 0.146. The molecule has 0 aromatic carbocycles. The van der Waals surface area contributed by atoms with Crippen LogP contribution in [-0.2, 0) is 0 Å². The predicted octanol–water partition coefficient (Wildman–Crippen LogP) is 3.60. The predicted molar refractivity (Wildman–Crippen MR) is 42.6 cm³/mol. The van der Waals surface area contributed by atoms with E-state index in [0.29, 0.717) is 5.75 Å². The highest BCUT2D eigenvalue weighted by molar-refractivity contribution is 7.99. The quantitative estimate of drug-likeness (QED) is 0.588. The van der Waals surface area contributed by atoms with Gasteiger partial charge in [0.05, 0.1) is 0 Å². The summed E-state index contributed by atoms with van der Waals surface area (Å²) >= 11 is 1.49. The van der Waals surface area contributed by atoms with Gasteiger partial charge in [-0.05, 0) is 17.9 Å². The summed E-state index contributed by atoms with van der Waals surface area (Å²) in [5, 5.41) is 0. The van der Waals surface area contributed by atoms with Gasteiger partial charge in [0.25, 0.3) is 0 Å². The molecule has 0 amide bonds. The van der Waals surface area contributed by atoms with Crippen molar-refractivity contribution in [3.8, 4) is 0 Å². The Morgan fingerprint density at radius 2 is 1.82 bits per heavy atom. The molecule has 0 unspecified atom stereocenters. The molecule has 0 aromatic rings. The molecule has 0 saturated carbocycles. The highest BCUT2D eigenvalue weighted by Gasteiger charge is 2.03. The van der Waals surface area contributed by atoms with Crippen LogP contribution in [0.25, 0.3) is 0 Å². The zero-order chi connectivity index (χ0) is 8.69. The van der Waals surface area contributed by atoms with Crippen molar-refractivity contribution in [2.24, 2.45) is 0 Å². The standard InChI is InChI=1S/C7H11F3S/c1-2-4-11-5-3-6(8)7(9)10/h2-5H2,1H3. The summed E-state index contributed by atoms with van der Waals surface area (Å²) in [6.45, 7) is 1.99. The zero-order valence-electron chi connectivity index (χ0n) is 6.37. The van der Waals surface area contributed by atoms with Crippen LogP contribution in [0.15, 0.2) is 11.9 Å². The molecule has 0 aromatic heterocycles. The van der Waals surface area contributed by atoms with Crippen molar-refractivity contribution in [2.45, 2.75) is 19.8 Å². The number of halogens is 3. The first-order chi connectivity index (χ1) is 5.18. The van der Waals surface area contributed by atoms with Gasteiger partial charge >= 0.3 is 6.08 Å². The van der Waals surface area contributed by atoms with Crippen molar-refractivity contribution >= 4 is 11.8 Å². The molecule has 0 saturated heterocycles. The molecule has 11 heavy (non-hydrogen) atoms. The van der Waals surface area contributed by atoms with Crippen molar-refractivity contribution in [2.75, 3.05) is 11.5 Å². The van der Waals surface area contributed by atoms with Crippen molar-refractivity contribution in [3.05, 3.63) is 11.9 Å². The third-order valence-electron chi connectivity index (χ3n) is 1.02. The number of hydrogen-bond acceptors (Lipinski definition) is 1. The molecule has 0 nitrogen and oxygen atoms in total. The lowest BCUT2D eigenvalue weighted by Gasteiger charge is -1.96. The second-order valence-corrected chi connectivity index (χ2v) is 3.25. The summed E-state index contributed by atoms with van der Waals surface area (Å²) in [4.78, 5) is 0. The largest absolute Gasteiger partial charge is 0.301 e. The van der Waals surface area contributed by atoms with Crippen LogP contribution in [0.2, 0.25) is 0 Å². The van der Waals surface area contributed by atoms with Gasteiger partial charge in [0.1, 0.15) is 0 Å². The Bertz CT molecular complexity index is 130. The molecule has 0 N–H and O–H groups in total. The fraction of sp³-hybridized carbons (Fsp3) is 0.714. The van der Waals surface area contributed by atoms with Crippen molar-refractivity contribution < 1.29 is 13.2 Å². The topological polar surface area (TPSA) is 0 Å². The van der Waals surface area contributed by atoms with Gasteiger partial charge in [-0.3, -0.25) is 0 Å². The van der Waals surface area contributed by atoms with Gasteiger partial charge in [-0.1, -0.05) is 6.92 Å². The van der Waals surface area contributed by atoms with Crippen LogP contribution in [0.4, 0.5) is 13.2 Å². The molecule has 0 aliphatic carbocycles. The molecule has 0 heterocycles. The molecule has 0 fully saturated rings. The smallest absolute Gasteiger partial charge is 0.206 e. The van der Waals surface area contributed by atoms with E-state index in [0.717, 1.165) is 12.2 Å². The first-order valence-corrected chi connectivity index (χ1v) is 4.61. The molecule has 0 aliphatic heterocycles. The van der Waals surface area contributed by atoms with E-state index < -0.39 is 11.9 Å². The molecule has 0 radical (unpaired) electrons. The number of rotatable bonds is 5. The average molecular weight is 184 g/mol. The van der Waals surface area contributed by atoms with Gasteiger partial charge in [0.2, 0.25) is 0 Å². The minimum atomic E-state index is -2.18. The first-order valence-electron chi connectivity index (χ1n) is 3.45. The molecular formula is C7H11F3S. The number of hydrogen-bond donors (Lipinski definition) is 0. The molecular weight excluding hydrogens is 173 g/mol. The zero-order valence-corrected chi connectivity index (χ0v) is 7.19. The average Bonchev–Trinajstić information content (AvgIpc) is 1.97. The van der Waals surface area contributed by atoms with Crippen LogP contribution in [0.5, 0.6) is 0 Å². The van der Waals surface area contributed by atoms with Crippen LogP contribution in [0.3, 0.4) is 0 Å². The van der Waals surface area contributed by atoms with E-state index in [1.54, 1.807) is 0 Å². The van der Waals surface area contributed by atoms with Crippen LogP contribution < -0.4 is 0 Å². The summed E-state index contributed by atoms with van der Waals surface area (Å²) < 4.78 is 34.9. The molecule has 0 atom stereocenters. The fourth-order valence-electron chi connectivity index (χ4n) is 0.503. The Hall–Kier alpha value is -0.120. The van der Waals surface area contributed by atoms with Gasteiger partial charge in [0, 0.05) is 6.42 Å². The highest BCUT2D eigenvalue weighted by Crippen LogP contribution is 2.16. The molecule has 0 spiro atoms. The lowest BCUT2D eigenvalue weighted by atomic mass is 10.4. The minimum Gasteiger partial charge on any atom is -0.206 e. The molecule has 4 heteroatoms. The van der Waals surface area contributed by atoms with Gasteiger partial charge < -0.3 is 0 Å². The summed E-state index contributed by atoms with van der Waals surface area (Å²) in [6, 6.07) is 0. The van der Waals surface area contributed by atoms with Crippen LogP contribution in [-0.4, -0.2) is 11.5 Å². The third-order valence-corrected chi connectivity index (χ3v) is 2.21. The van der Waals surface area contributed by atoms with Crippen molar-refractivity contribution in [1.29, 1.82) is 0 Å². The normalized spacial score (nSPS) is 9.82. The van der Waals surface area contributed by atoms with E-state index in [1.807, 2.05) is 6.92 Å². The van der Waals surface area contributed by atoms with Crippen molar-refractivity contribution in [1.82, 2.24) is 0 Å². The third kappa shape index (κ3) is 6.28. The highest BCUT2D eigenvalue weighted by atomic mass is 32.2. The number of allylic oxidation sites excluding steroid dienone is 1. The molecule has 0 rings (SSSR count). The lowest BCUT2D eigenvalue weighted by Crippen LogP contribution is -1.84. The van der Waals surface area contributed by atoms with E-state index in [9.17, 15) is 13.2 Å². The van der Waals surface area contributed by atoms with Gasteiger partial charge in [-0.25, -0.2) is 4.39 Å². The Morgan fingerprint density at radius 1 is 1.18 bits per heavy atom. The molecule has 0 aliphatic rings. The summed E-state index contributed by atoms with van der Waals surface area (Å²) in [5.74, 6) is 0.0756. The van der Waals surface area contributed by atoms with E-state index >= 15 is 0 Å². The van der Waals surface area contributed by atoms with E-state index in [1.165, 1.54) is 11.8 Å². The van der Waals surface area contributed by atoms with E-state index in [4.69, 9.17) is 0 Å². The number of thioether (sulfide) groups is 1. The Kier molecular flexibility index (Phi) is 6.51. The molecule has 66 valence electrons. The first kappa shape index (κ1) is 10.9. The SMILES string of the molecule is CCCSCCC(F)=C(F)F.